The third kappa shape index (κ3) is 5.11. The molecule has 29 heavy (non-hydrogen) atoms. The van der Waals surface area contributed by atoms with Crippen molar-refractivity contribution in [2.75, 3.05) is 19.7 Å². The summed E-state index contributed by atoms with van der Waals surface area (Å²) >= 11 is 0. The highest BCUT2D eigenvalue weighted by Crippen LogP contribution is 2.21. The van der Waals surface area contributed by atoms with Gasteiger partial charge in [-0.2, -0.15) is 0 Å². The molecule has 0 atom stereocenters. The Balaban J connectivity index is 1.48. The normalized spacial score (nSPS) is 14.5. The van der Waals surface area contributed by atoms with E-state index in [1.54, 1.807) is 17.0 Å². The van der Waals surface area contributed by atoms with Gasteiger partial charge in [0, 0.05) is 24.2 Å². The Morgan fingerprint density at radius 2 is 1.66 bits per heavy atom. The molecule has 1 aliphatic heterocycles. The van der Waals surface area contributed by atoms with Crippen molar-refractivity contribution in [3.05, 3.63) is 70.8 Å². The van der Waals surface area contributed by atoms with Crippen molar-refractivity contribution in [3.8, 4) is 0 Å². The highest BCUT2D eigenvalue weighted by molar-refractivity contribution is 5.98. The van der Waals surface area contributed by atoms with Crippen LogP contribution in [0.25, 0.3) is 0 Å². The van der Waals surface area contributed by atoms with Gasteiger partial charge in [0.15, 0.2) is 12.4 Å². The van der Waals surface area contributed by atoms with Gasteiger partial charge in [0.25, 0.3) is 5.91 Å². The molecule has 0 N–H and O–H groups in total. The summed E-state index contributed by atoms with van der Waals surface area (Å²) in [6.07, 6.45) is 2.01. The molecular weight excluding hydrogens is 366 g/mol. The van der Waals surface area contributed by atoms with Crippen LogP contribution >= 0.6 is 0 Å². The second-order valence-electron chi connectivity index (χ2n) is 7.46. The number of nitrogens with zero attached hydrogens (tertiary/aromatic N) is 1. The van der Waals surface area contributed by atoms with Gasteiger partial charge in [0.1, 0.15) is 0 Å². The highest BCUT2D eigenvalue weighted by Gasteiger charge is 2.29. The first-order valence-electron chi connectivity index (χ1n) is 10.1. The molecule has 2 aromatic carbocycles. The van der Waals surface area contributed by atoms with Crippen molar-refractivity contribution < 1.29 is 19.1 Å². The van der Waals surface area contributed by atoms with Crippen LogP contribution < -0.4 is 0 Å². The van der Waals surface area contributed by atoms with E-state index in [0.717, 1.165) is 17.5 Å². The molecule has 3 rings (SSSR count). The third-order valence-electron chi connectivity index (χ3n) is 5.52. The van der Waals surface area contributed by atoms with Gasteiger partial charge in [-0.05, 0) is 43.4 Å². The third-order valence-corrected chi connectivity index (χ3v) is 5.52. The maximum Gasteiger partial charge on any atom is 0.309 e. The molecule has 0 radical (unpaired) electrons. The number of hydrogen-bond donors (Lipinski definition) is 0. The maximum atomic E-state index is 12.7. The number of likely N-dealkylation sites (tertiary alicyclic amines) is 1. The number of carbonyl (C=O) groups excluding carboxylic acids is 3. The highest BCUT2D eigenvalue weighted by atomic mass is 16.5. The Hall–Kier alpha value is -2.95. The average Bonchev–Trinajstić information content (AvgIpc) is 2.77. The molecular formula is C24H27NO4. The first-order chi connectivity index (χ1) is 14.0. The number of ketones is 1. The van der Waals surface area contributed by atoms with Gasteiger partial charge in [-0.1, -0.05) is 49.4 Å². The Labute approximate surface area is 171 Å². The monoisotopic (exact) mass is 393 g/mol. The number of ether oxygens (including phenoxy) is 1. The number of rotatable bonds is 6. The van der Waals surface area contributed by atoms with Crippen molar-refractivity contribution in [1.29, 1.82) is 0 Å². The molecule has 1 amide bonds. The van der Waals surface area contributed by atoms with Crippen LogP contribution in [0.5, 0.6) is 0 Å². The summed E-state index contributed by atoms with van der Waals surface area (Å²) in [5, 5.41) is 0. The number of benzene rings is 2. The second-order valence-corrected chi connectivity index (χ2v) is 7.46. The van der Waals surface area contributed by atoms with Crippen LogP contribution in [0.4, 0.5) is 0 Å². The molecule has 0 unspecified atom stereocenters. The minimum Gasteiger partial charge on any atom is -0.457 e. The van der Waals surface area contributed by atoms with Crippen LogP contribution in [0.2, 0.25) is 0 Å². The Morgan fingerprint density at radius 1 is 1.00 bits per heavy atom. The SMILES string of the molecule is CCc1ccc(C(=O)COC(=O)C2CCN(C(=O)c3ccccc3C)CC2)cc1. The smallest absolute Gasteiger partial charge is 0.309 e. The molecule has 0 aliphatic carbocycles. The molecule has 1 fully saturated rings. The van der Waals surface area contributed by atoms with E-state index in [1.807, 2.05) is 43.3 Å². The van der Waals surface area contributed by atoms with Gasteiger partial charge >= 0.3 is 5.97 Å². The molecule has 5 heteroatoms. The van der Waals surface area contributed by atoms with E-state index in [9.17, 15) is 14.4 Å². The van der Waals surface area contributed by atoms with Crippen LogP contribution in [-0.2, 0) is 16.0 Å². The van der Waals surface area contributed by atoms with E-state index < -0.39 is 0 Å². The van der Waals surface area contributed by atoms with Crippen molar-refractivity contribution in [3.63, 3.8) is 0 Å². The predicted octanol–water partition coefficient (Wildman–Crippen LogP) is 3.84. The van der Waals surface area contributed by atoms with Gasteiger partial charge in [-0.15, -0.1) is 0 Å². The van der Waals surface area contributed by atoms with Crippen molar-refractivity contribution in [2.45, 2.75) is 33.1 Å². The van der Waals surface area contributed by atoms with Gasteiger partial charge in [-0.25, -0.2) is 0 Å². The van der Waals surface area contributed by atoms with Gasteiger partial charge in [0.05, 0.1) is 5.92 Å². The summed E-state index contributed by atoms with van der Waals surface area (Å²) < 4.78 is 5.26. The van der Waals surface area contributed by atoms with Crippen LogP contribution in [-0.4, -0.2) is 42.3 Å². The fraction of sp³-hybridized carbons (Fsp3) is 0.375. The quantitative estimate of drug-likeness (QED) is 0.553. The minimum atomic E-state index is -0.355. The lowest BCUT2D eigenvalue weighted by molar-refractivity contribution is -0.148. The lowest BCUT2D eigenvalue weighted by Gasteiger charge is -2.31. The number of aryl methyl sites for hydroxylation is 2. The standard InChI is InChI=1S/C24H27NO4/c1-3-18-8-10-19(11-9-18)22(26)16-29-24(28)20-12-14-25(15-13-20)23(27)21-7-5-4-6-17(21)2/h4-11,20H,3,12-16H2,1-2H3. The van der Waals surface area contributed by atoms with Crippen LogP contribution in [0.1, 0.15) is 51.6 Å². The first kappa shape index (κ1) is 20.8. The predicted molar refractivity (Wildman–Crippen MR) is 111 cm³/mol. The van der Waals surface area contributed by atoms with E-state index in [2.05, 4.69) is 6.92 Å². The zero-order valence-corrected chi connectivity index (χ0v) is 17.0. The number of piperidine rings is 1. The van der Waals surface area contributed by atoms with E-state index >= 15 is 0 Å². The minimum absolute atomic E-state index is 0.000575. The van der Waals surface area contributed by atoms with Gasteiger partial charge in [0.2, 0.25) is 0 Å². The number of Topliss-reactive ketones (excluding diaryl/α,β-unsaturated/α-hetero) is 1. The van der Waals surface area contributed by atoms with Gasteiger partial charge < -0.3 is 9.64 Å². The number of esters is 1. The molecule has 1 saturated heterocycles. The zero-order chi connectivity index (χ0) is 20.8. The zero-order valence-electron chi connectivity index (χ0n) is 17.0. The molecule has 0 bridgehead atoms. The summed E-state index contributed by atoms with van der Waals surface area (Å²) in [5.41, 5.74) is 3.36. The second kappa shape index (κ2) is 9.50. The number of amides is 1. The fourth-order valence-corrected chi connectivity index (χ4v) is 3.57. The van der Waals surface area contributed by atoms with Crippen LogP contribution in [0, 0.1) is 12.8 Å². The summed E-state index contributed by atoms with van der Waals surface area (Å²) in [6.45, 7) is 4.76. The number of carbonyl (C=O) groups is 3. The van der Waals surface area contributed by atoms with Crippen molar-refractivity contribution >= 4 is 17.7 Å². The molecule has 5 nitrogen and oxygen atoms in total. The maximum absolute atomic E-state index is 12.7. The van der Waals surface area contributed by atoms with Crippen LogP contribution in [0.15, 0.2) is 48.5 Å². The lowest BCUT2D eigenvalue weighted by atomic mass is 9.96. The summed E-state index contributed by atoms with van der Waals surface area (Å²) in [6, 6.07) is 14.9. The topological polar surface area (TPSA) is 63.7 Å². The molecule has 2 aromatic rings. The average molecular weight is 393 g/mol. The molecule has 0 spiro atoms. The van der Waals surface area contributed by atoms with E-state index in [-0.39, 0.29) is 30.2 Å². The van der Waals surface area contributed by atoms with E-state index in [0.29, 0.717) is 37.1 Å². The van der Waals surface area contributed by atoms with E-state index in [1.165, 1.54) is 0 Å². The van der Waals surface area contributed by atoms with Crippen molar-refractivity contribution in [1.82, 2.24) is 4.90 Å². The van der Waals surface area contributed by atoms with Crippen molar-refractivity contribution in [2.24, 2.45) is 5.92 Å². The summed E-state index contributed by atoms with van der Waals surface area (Å²) in [7, 11) is 0. The molecule has 1 heterocycles. The van der Waals surface area contributed by atoms with E-state index in [4.69, 9.17) is 4.74 Å². The molecule has 152 valence electrons. The summed E-state index contributed by atoms with van der Waals surface area (Å²) in [5.74, 6) is -0.827. The first-order valence-corrected chi connectivity index (χ1v) is 10.1. The fourth-order valence-electron chi connectivity index (χ4n) is 3.57. The number of hydrogen-bond acceptors (Lipinski definition) is 4. The Morgan fingerprint density at radius 3 is 2.28 bits per heavy atom. The largest absolute Gasteiger partial charge is 0.457 e. The molecule has 0 saturated carbocycles. The van der Waals surface area contributed by atoms with Gasteiger partial charge in [-0.3, -0.25) is 14.4 Å². The molecule has 0 aromatic heterocycles. The summed E-state index contributed by atoms with van der Waals surface area (Å²) in [4.78, 5) is 39.1. The van der Waals surface area contributed by atoms with Crippen LogP contribution in [0.3, 0.4) is 0 Å². The lowest BCUT2D eigenvalue weighted by Crippen LogP contribution is -2.41. The Kier molecular flexibility index (Phi) is 6.81. The Bertz CT molecular complexity index is 880. The molecule has 1 aliphatic rings.